The third-order valence-corrected chi connectivity index (χ3v) is 7.80. The lowest BCUT2D eigenvalue weighted by Gasteiger charge is -2.18. The van der Waals surface area contributed by atoms with Gasteiger partial charge in [0.15, 0.2) is 0 Å². The summed E-state index contributed by atoms with van der Waals surface area (Å²) in [6.45, 7) is 1.99. The average molecular weight is 483 g/mol. The first-order valence-corrected chi connectivity index (χ1v) is 12.2. The maximum absolute atomic E-state index is 12.7. The Hall–Kier alpha value is -2.20. The van der Waals surface area contributed by atoms with Crippen LogP contribution in [-0.4, -0.2) is 39.6 Å². The zero-order valence-electron chi connectivity index (χ0n) is 17.3. The molecule has 0 spiro atoms. The molecule has 31 heavy (non-hydrogen) atoms. The Morgan fingerprint density at radius 3 is 2.52 bits per heavy atom. The van der Waals surface area contributed by atoms with Crippen LogP contribution in [-0.2, 0) is 19.6 Å². The van der Waals surface area contributed by atoms with E-state index >= 15 is 0 Å². The van der Waals surface area contributed by atoms with Gasteiger partial charge in [0, 0.05) is 10.9 Å². The summed E-state index contributed by atoms with van der Waals surface area (Å²) < 4.78 is 38.8. The summed E-state index contributed by atoms with van der Waals surface area (Å²) in [6.07, 6.45) is 0.804. The third-order valence-electron chi connectivity index (χ3n) is 4.83. The van der Waals surface area contributed by atoms with E-state index in [4.69, 9.17) is 21.1 Å². The molecule has 1 aromatic heterocycles. The summed E-state index contributed by atoms with van der Waals surface area (Å²) in [5.41, 5.74) is 0.862. The predicted molar refractivity (Wildman–Crippen MR) is 121 cm³/mol. The first-order chi connectivity index (χ1) is 14.7. The van der Waals surface area contributed by atoms with Gasteiger partial charge >= 0.3 is 5.97 Å². The number of aromatic nitrogens is 1. The van der Waals surface area contributed by atoms with Gasteiger partial charge in [0.1, 0.15) is 11.8 Å². The number of carbonyl (C=O) groups is 1. The van der Waals surface area contributed by atoms with E-state index in [1.807, 2.05) is 19.1 Å². The van der Waals surface area contributed by atoms with Crippen LogP contribution in [0.5, 0.6) is 5.75 Å². The second kappa shape index (κ2) is 9.95. The van der Waals surface area contributed by atoms with Crippen molar-refractivity contribution in [2.24, 2.45) is 0 Å². The molecule has 1 unspecified atom stereocenters. The minimum Gasteiger partial charge on any atom is -0.497 e. The molecule has 0 bridgehead atoms. The van der Waals surface area contributed by atoms with Crippen LogP contribution in [0.3, 0.4) is 0 Å². The number of hydrogen-bond acceptors (Lipinski definition) is 7. The molecule has 0 aliphatic carbocycles. The molecule has 3 rings (SSSR count). The first kappa shape index (κ1) is 23.5. The van der Waals surface area contributed by atoms with E-state index in [1.165, 1.54) is 37.7 Å². The standard InChI is InChI=1S/C21H23ClN2O5S2/c1-13(20-23-17-11-5-14(22)12-19(17)30-20)4-10-18(21(25)29-3)24-31(26,27)16-8-6-15(28-2)7-9-16/h5-9,11-13,18,24H,4,10H2,1-3H3/t13?,18-/m1/s1. The quantitative estimate of drug-likeness (QED) is 0.455. The van der Waals surface area contributed by atoms with Crippen molar-refractivity contribution in [3.05, 3.63) is 52.5 Å². The van der Waals surface area contributed by atoms with Crippen molar-refractivity contribution >= 4 is 49.1 Å². The number of halogens is 1. The zero-order valence-corrected chi connectivity index (χ0v) is 19.7. The number of thiazole rings is 1. The number of rotatable bonds is 9. The van der Waals surface area contributed by atoms with E-state index in [-0.39, 0.29) is 17.2 Å². The number of nitrogens with zero attached hydrogens (tertiary/aromatic N) is 1. The monoisotopic (exact) mass is 482 g/mol. The second-order valence-electron chi connectivity index (χ2n) is 7.02. The molecule has 0 saturated carbocycles. The SMILES string of the molecule is COC(=O)[C@@H](CCC(C)c1nc2ccc(Cl)cc2s1)NS(=O)(=O)c1ccc(OC)cc1. The molecular weight excluding hydrogens is 460 g/mol. The van der Waals surface area contributed by atoms with Crippen molar-refractivity contribution in [1.82, 2.24) is 9.71 Å². The van der Waals surface area contributed by atoms with Crippen LogP contribution in [0.2, 0.25) is 5.02 Å². The highest BCUT2D eigenvalue weighted by molar-refractivity contribution is 7.89. The Kier molecular flexibility index (Phi) is 7.53. The van der Waals surface area contributed by atoms with Crippen molar-refractivity contribution in [2.75, 3.05) is 14.2 Å². The fraction of sp³-hybridized carbons (Fsp3) is 0.333. The highest BCUT2D eigenvalue weighted by Crippen LogP contribution is 2.32. The Balaban J connectivity index is 1.72. The fourth-order valence-electron chi connectivity index (χ4n) is 3.04. The summed E-state index contributed by atoms with van der Waals surface area (Å²) in [5.74, 6) is -0.0800. The molecule has 3 aromatic rings. The highest BCUT2D eigenvalue weighted by atomic mass is 35.5. The van der Waals surface area contributed by atoms with E-state index in [9.17, 15) is 13.2 Å². The van der Waals surface area contributed by atoms with Crippen LogP contribution < -0.4 is 9.46 Å². The van der Waals surface area contributed by atoms with Crippen molar-refractivity contribution in [3.63, 3.8) is 0 Å². The van der Waals surface area contributed by atoms with Crippen LogP contribution in [0.15, 0.2) is 47.4 Å². The molecule has 0 radical (unpaired) electrons. The molecule has 1 heterocycles. The number of esters is 1. The topological polar surface area (TPSA) is 94.6 Å². The van der Waals surface area contributed by atoms with Gasteiger partial charge in [-0.2, -0.15) is 4.72 Å². The molecule has 1 N–H and O–H groups in total. The minimum absolute atomic E-state index is 0.0221. The van der Waals surface area contributed by atoms with E-state index in [1.54, 1.807) is 18.2 Å². The van der Waals surface area contributed by atoms with Gasteiger partial charge in [-0.3, -0.25) is 4.79 Å². The van der Waals surface area contributed by atoms with Gasteiger partial charge in [-0.1, -0.05) is 18.5 Å². The largest absolute Gasteiger partial charge is 0.497 e. The molecule has 7 nitrogen and oxygen atoms in total. The number of carbonyl (C=O) groups excluding carboxylic acids is 1. The van der Waals surface area contributed by atoms with Crippen molar-refractivity contribution in [1.29, 1.82) is 0 Å². The summed E-state index contributed by atoms with van der Waals surface area (Å²) in [5, 5.41) is 1.55. The molecule has 0 fully saturated rings. The Morgan fingerprint density at radius 1 is 1.16 bits per heavy atom. The lowest BCUT2D eigenvalue weighted by atomic mass is 10.0. The van der Waals surface area contributed by atoms with Gasteiger partial charge in [-0.05, 0) is 55.3 Å². The molecule has 0 saturated heterocycles. The number of hydrogen-bond donors (Lipinski definition) is 1. The van der Waals surface area contributed by atoms with Gasteiger partial charge < -0.3 is 9.47 Å². The summed E-state index contributed by atoms with van der Waals surface area (Å²) in [7, 11) is -1.18. The highest BCUT2D eigenvalue weighted by Gasteiger charge is 2.27. The summed E-state index contributed by atoms with van der Waals surface area (Å²) in [4.78, 5) is 16.9. The molecule has 0 aliphatic heterocycles. The van der Waals surface area contributed by atoms with Gasteiger partial charge in [-0.25, -0.2) is 13.4 Å². The molecule has 166 valence electrons. The molecule has 10 heteroatoms. The summed E-state index contributed by atoms with van der Waals surface area (Å²) >= 11 is 7.58. The zero-order chi connectivity index (χ0) is 22.6. The van der Waals surface area contributed by atoms with Gasteiger partial charge in [-0.15, -0.1) is 11.3 Å². The van der Waals surface area contributed by atoms with E-state index < -0.39 is 22.0 Å². The Labute approximate surface area is 190 Å². The second-order valence-corrected chi connectivity index (χ2v) is 10.2. The lowest BCUT2D eigenvalue weighted by molar-refractivity contribution is -0.142. The van der Waals surface area contributed by atoms with E-state index in [0.717, 1.165) is 15.2 Å². The Morgan fingerprint density at radius 2 is 1.87 bits per heavy atom. The predicted octanol–water partition coefficient (Wildman–Crippen LogP) is 4.36. The third kappa shape index (κ3) is 5.74. The maximum atomic E-state index is 12.7. The normalized spacial score (nSPS) is 13.7. The van der Waals surface area contributed by atoms with Crippen molar-refractivity contribution in [2.45, 2.75) is 36.6 Å². The van der Waals surface area contributed by atoms with Crippen molar-refractivity contribution in [3.8, 4) is 5.75 Å². The minimum atomic E-state index is -3.91. The van der Waals surface area contributed by atoms with Gasteiger partial charge in [0.25, 0.3) is 0 Å². The van der Waals surface area contributed by atoms with Crippen LogP contribution in [0.1, 0.15) is 30.7 Å². The van der Waals surface area contributed by atoms with Crippen LogP contribution in [0, 0.1) is 0 Å². The number of ether oxygens (including phenoxy) is 2. The number of sulfonamides is 1. The van der Waals surface area contributed by atoms with E-state index in [0.29, 0.717) is 17.2 Å². The molecular formula is C21H23ClN2O5S2. The number of methoxy groups -OCH3 is 2. The Bertz CT molecular complexity index is 1160. The fourth-order valence-corrected chi connectivity index (χ4v) is 5.59. The molecule has 2 atom stereocenters. The average Bonchev–Trinajstić information content (AvgIpc) is 3.19. The van der Waals surface area contributed by atoms with Crippen LogP contribution in [0.4, 0.5) is 0 Å². The number of benzene rings is 2. The number of nitrogens with one attached hydrogen (secondary N) is 1. The molecule has 0 amide bonds. The van der Waals surface area contributed by atoms with Gasteiger partial charge in [0.05, 0.1) is 34.3 Å². The van der Waals surface area contributed by atoms with Crippen LogP contribution >= 0.6 is 22.9 Å². The summed E-state index contributed by atoms with van der Waals surface area (Å²) in [6, 6.07) is 10.4. The smallest absolute Gasteiger partial charge is 0.323 e. The first-order valence-electron chi connectivity index (χ1n) is 9.53. The van der Waals surface area contributed by atoms with E-state index in [2.05, 4.69) is 9.71 Å². The maximum Gasteiger partial charge on any atom is 0.323 e. The van der Waals surface area contributed by atoms with Crippen molar-refractivity contribution < 1.29 is 22.7 Å². The number of fused-ring (bicyclic) bond motifs is 1. The van der Waals surface area contributed by atoms with Crippen LogP contribution in [0.25, 0.3) is 10.2 Å². The molecule has 2 aromatic carbocycles. The lowest BCUT2D eigenvalue weighted by Crippen LogP contribution is -2.41. The molecule has 0 aliphatic rings. The van der Waals surface area contributed by atoms with Gasteiger partial charge in [0.2, 0.25) is 10.0 Å².